The standard InChI is InChI=1S/C22H33NOSi/c1-4-25(5-2,6-3)24-22(16-14-20-11-8-7-9-12-20)17-15-21-13-10-18-23-19-21/h7-13,18-19,22H,4-6,14-17H2,1-3H3. The average Bonchev–Trinajstić information content (AvgIpc) is 2.69. The lowest BCUT2D eigenvalue weighted by Gasteiger charge is -2.33. The molecule has 0 amide bonds. The third-order valence-corrected chi connectivity index (χ3v) is 10.1. The number of aryl methyl sites for hydroxylation is 2. The van der Waals surface area contributed by atoms with E-state index in [2.05, 4.69) is 62.2 Å². The van der Waals surface area contributed by atoms with Gasteiger partial charge in [0, 0.05) is 18.5 Å². The highest BCUT2D eigenvalue weighted by atomic mass is 28.4. The molecule has 0 saturated heterocycles. The summed E-state index contributed by atoms with van der Waals surface area (Å²) in [6.07, 6.45) is 8.53. The minimum atomic E-state index is -1.57. The molecule has 1 unspecified atom stereocenters. The number of hydrogen-bond donors (Lipinski definition) is 0. The van der Waals surface area contributed by atoms with Crippen LogP contribution in [0.5, 0.6) is 0 Å². The fourth-order valence-corrected chi connectivity index (χ4v) is 6.40. The number of aromatic nitrogens is 1. The Hall–Kier alpha value is -1.45. The molecule has 2 rings (SSSR count). The minimum Gasteiger partial charge on any atom is -0.414 e. The first-order chi connectivity index (χ1) is 12.2. The molecule has 1 aromatic carbocycles. The fourth-order valence-electron chi connectivity index (χ4n) is 3.46. The van der Waals surface area contributed by atoms with Crippen LogP contribution < -0.4 is 0 Å². The molecule has 0 spiro atoms. The second kappa shape index (κ2) is 10.5. The number of pyridine rings is 1. The second-order valence-corrected chi connectivity index (χ2v) is 11.6. The van der Waals surface area contributed by atoms with Gasteiger partial charge >= 0.3 is 0 Å². The summed E-state index contributed by atoms with van der Waals surface area (Å²) in [4.78, 5) is 4.25. The highest BCUT2D eigenvalue weighted by Crippen LogP contribution is 2.26. The number of hydrogen-bond acceptors (Lipinski definition) is 2. The molecule has 0 aliphatic heterocycles. The van der Waals surface area contributed by atoms with Gasteiger partial charge < -0.3 is 4.43 Å². The molecule has 2 aromatic rings. The number of rotatable bonds is 11. The zero-order valence-electron chi connectivity index (χ0n) is 16.1. The highest BCUT2D eigenvalue weighted by molar-refractivity contribution is 6.73. The van der Waals surface area contributed by atoms with Gasteiger partial charge in [0.2, 0.25) is 0 Å². The van der Waals surface area contributed by atoms with Crippen LogP contribution in [0.15, 0.2) is 54.9 Å². The van der Waals surface area contributed by atoms with Gasteiger partial charge in [-0.05, 0) is 61.0 Å². The first-order valence-corrected chi connectivity index (χ1v) is 12.3. The Morgan fingerprint density at radius 1 is 0.840 bits per heavy atom. The summed E-state index contributed by atoms with van der Waals surface area (Å²) < 4.78 is 6.85. The van der Waals surface area contributed by atoms with Crippen LogP contribution in [0.2, 0.25) is 18.1 Å². The van der Waals surface area contributed by atoms with Crippen molar-refractivity contribution in [3.05, 3.63) is 66.0 Å². The molecule has 0 N–H and O–H groups in total. The van der Waals surface area contributed by atoms with E-state index in [1.807, 2.05) is 18.5 Å². The average molecular weight is 356 g/mol. The monoisotopic (exact) mass is 355 g/mol. The topological polar surface area (TPSA) is 22.1 Å². The van der Waals surface area contributed by atoms with Crippen LogP contribution in [0.4, 0.5) is 0 Å². The van der Waals surface area contributed by atoms with Crippen LogP contribution >= 0.6 is 0 Å². The maximum Gasteiger partial charge on any atom is 0.192 e. The summed E-state index contributed by atoms with van der Waals surface area (Å²) in [5.74, 6) is 0. The molecule has 1 atom stereocenters. The number of benzene rings is 1. The molecule has 3 heteroatoms. The van der Waals surface area contributed by atoms with Crippen molar-refractivity contribution in [3.8, 4) is 0 Å². The Morgan fingerprint density at radius 3 is 2.00 bits per heavy atom. The van der Waals surface area contributed by atoms with E-state index >= 15 is 0 Å². The lowest BCUT2D eigenvalue weighted by Crippen LogP contribution is -2.40. The second-order valence-electron chi connectivity index (χ2n) is 6.91. The largest absolute Gasteiger partial charge is 0.414 e. The summed E-state index contributed by atoms with van der Waals surface area (Å²) in [6, 6.07) is 18.6. The Bertz CT molecular complexity index is 532. The van der Waals surface area contributed by atoms with Crippen LogP contribution in [0, 0.1) is 0 Å². The zero-order valence-corrected chi connectivity index (χ0v) is 17.1. The molecule has 0 radical (unpaired) electrons. The zero-order chi connectivity index (χ0) is 18.0. The van der Waals surface area contributed by atoms with Gasteiger partial charge in [0.1, 0.15) is 0 Å². The van der Waals surface area contributed by atoms with E-state index in [-0.39, 0.29) is 0 Å². The van der Waals surface area contributed by atoms with Crippen LogP contribution in [0.1, 0.15) is 44.7 Å². The van der Waals surface area contributed by atoms with Gasteiger partial charge in [0.25, 0.3) is 0 Å². The van der Waals surface area contributed by atoms with E-state index in [1.165, 1.54) is 29.3 Å². The SMILES string of the molecule is CC[Si](CC)(CC)OC(CCc1ccccc1)CCc1cccnc1. The van der Waals surface area contributed by atoms with Gasteiger partial charge in [-0.2, -0.15) is 0 Å². The van der Waals surface area contributed by atoms with Gasteiger partial charge in [-0.15, -0.1) is 0 Å². The predicted molar refractivity (Wildman–Crippen MR) is 109 cm³/mol. The first kappa shape index (κ1) is 19.9. The van der Waals surface area contributed by atoms with Crippen molar-refractivity contribution >= 4 is 8.32 Å². The van der Waals surface area contributed by atoms with Crippen molar-refractivity contribution in [2.45, 2.75) is 70.7 Å². The summed E-state index contributed by atoms with van der Waals surface area (Å²) in [5, 5.41) is 0. The van der Waals surface area contributed by atoms with Crippen molar-refractivity contribution < 1.29 is 4.43 Å². The quantitative estimate of drug-likeness (QED) is 0.459. The van der Waals surface area contributed by atoms with Gasteiger partial charge in [0.15, 0.2) is 8.32 Å². The van der Waals surface area contributed by atoms with Crippen molar-refractivity contribution in [3.63, 3.8) is 0 Å². The van der Waals surface area contributed by atoms with E-state index in [4.69, 9.17) is 4.43 Å². The summed E-state index contributed by atoms with van der Waals surface area (Å²) in [6.45, 7) is 6.94. The van der Waals surface area contributed by atoms with E-state index in [9.17, 15) is 0 Å². The molecule has 0 bridgehead atoms. The molecule has 25 heavy (non-hydrogen) atoms. The first-order valence-electron chi connectivity index (χ1n) is 9.82. The van der Waals surface area contributed by atoms with E-state index in [0.717, 1.165) is 25.7 Å². The molecule has 2 nitrogen and oxygen atoms in total. The van der Waals surface area contributed by atoms with Crippen LogP contribution in [0.3, 0.4) is 0 Å². The van der Waals surface area contributed by atoms with Crippen molar-refractivity contribution in [2.24, 2.45) is 0 Å². The smallest absolute Gasteiger partial charge is 0.192 e. The fraction of sp³-hybridized carbons (Fsp3) is 0.500. The van der Waals surface area contributed by atoms with Gasteiger partial charge in [-0.1, -0.05) is 57.2 Å². The Morgan fingerprint density at radius 2 is 1.44 bits per heavy atom. The van der Waals surface area contributed by atoms with Crippen LogP contribution in [-0.2, 0) is 17.3 Å². The lowest BCUT2D eigenvalue weighted by molar-refractivity contribution is 0.167. The number of nitrogens with zero attached hydrogens (tertiary/aromatic N) is 1. The highest BCUT2D eigenvalue weighted by Gasteiger charge is 2.31. The maximum atomic E-state index is 6.85. The van der Waals surface area contributed by atoms with Crippen molar-refractivity contribution in [2.75, 3.05) is 0 Å². The molecule has 1 heterocycles. The molecular formula is C22H33NOSi. The molecular weight excluding hydrogens is 322 g/mol. The molecule has 1 aromatic heterocycles. The molecule has 0 fully saturated rings. The van der Waals surface area contributed by atoms with Crippen molar-refractivity contribution in [1.29, 1.82) is 0 Å². The Kier molecular flexibility index (Phi) is 8.36. The molecule has 0 aliphatic carbocycles. The van der Waals surface area contributed by atoms with Gasteiger partial charge in [-0.3, -0.25) is 4.98 Å². The third kappa shape index (κ3) is 6.41. The van der Waals surface area contributed by atoms with E-state index in [1.54, 1.807) is 0 Å². The van der Waals surface area contributed by atoms with Crippen molar-refractivity contribution in [1.82, 2.24) is 4.98 Å². The van der Waals surface area contributed by atoms with Crippen LogP contribution in [0.25, 0.3) is 0 Å². The lowest BCUT2D eigenvalue weighted by atomic mass is 10.0. The summed E-state index contributed by atoms with van der Waals surface area (Å²) in [7, 11) is -1.57. The Labute approximate surface area is 154 Å². The molecule has 136 valence electrons. The van der Waals surface area contributed by atoms with Gasteiger partial charge in [0.05, 0.1) is 0 Å². The summed E-state index contributed by atoms with van der Waals surface area (Å²) >= 11 is 0. The Balaban J connectivity index is 2.01. The molecule has 0 aliphatic rings. The van der Waals surface area contributed by atoms with E-state index in [0.29, 0.717) is 6.10 Å². The predicted octanol–water partition coefficient (Wildman–Crippen LogP) is 6.04. The summed E-state index contributed by atoms with van der Waals surface area (Å²) in [5.41, 5.74) is 2.72. The minimum absolute atomic E-state index is 0.354. The third-order valence-electron chi connectivity index (χ3n) is 5.43. The van der Waals surface area contributed by atoms with E-state index < -0.39 is 8.32 Å². The normalized spacial score (nSPS) is 12.9. The molecule has 0 saturated carbocycles. The van der Waals surface area contributed by atoms with Crippen LogP contribution in [-0.4, -0.2) is 19.4 Å². The van der Waals surface area contributed by atoms with Gasteiger partial charge in [-0.25, -0.2) is 0 Å². The maximum absolute atomic E-state index is 6.85.